The third-order valence-corrected chi connectivity index (χ3v) is 4.65. The molecule has 70 valence electrons. The van der Waals surface area contributed by atoms with Crippen molar-refractivity contribution in [2.24, 2.45) is 17.6 Å². The monoisotopic (exact) mass is 185 g/mol. The van der Waals surface area contributed by atoms with Crippen molar-refractivity contribution in [2.45, 2.75) is 38.1 Å². The minimum Gasteiger partial charge on any atom is -0.325 e. The summed E-state index contributed by atoms with van der Waals surface area (Å²) >= 11 is 2.10. The Morgan fingerprint density at radius 3 is 2.67 bits per heavy atom. The third-order valence-electron chi connectivity index (χ3n) is 3.43. The molecule has 1 aliphatic heterocycles. The molecule has 2 aliphatic rings. The molecule has 1 atom stereocenters. The average Bonchev–Trinajstić information content (AvgIpc) is 2.04. The summed E-state index contributed by atoms with van der Waals surface area (Å²) in [6.45, 7) is 2.32. The lowest BCUT2D eigenvalue weighted by atomic mass is 9.62. The van der Waals surface area contributed by atoms with Gasteiger partial charge in [0.05, 0.1) is 0 Å². The molecule has 2 heteroatoms. The molecule has 1 heterocycles. The lowest BCUT2D eigenvalue weighted by molar-refractivity contribution is 0.0969. The van der Waals surface area contributed by atoms with Gasteiger partial charge < -0.3 is 5.73 Å². The molecule has 0 bridgehead atoms. The van der Waals surface area contributed by atoms with E-state index in [4.69, 9.17) is 5.73 Å². The van der Waals surface area contributed by atoms with Crippen LogP contribution in [0.25, 0.3) is 0 Å². The molecule has 1 unspecified atom stereocenters. The van der Waals surface area contributed by atoms with E-state index in [1.807, 2.05) is 0 Å². The summed E-state index contributed by atoms with van der Waals surface area (Å²) < 4.78 is 0. The number of nitrogens with two attached hydrogens (primary N) is 1. The SMILES string of the molecule is CC1CC(N)(C2CCCSC2)C1. The Kier molecular flexibility index (Phi) is 2.39. The normalized spacial score (nSPS) is 48.5. The molecule has 2 rings (SSSR count). The number of thioether (sulfide) groups is 1. The number of hydrogen-bond acceptors (Lipinski definition) is 2. The molecule has 1 nitrogen and oxygen atoms in total. The zero-order chi connectivity index (χ0) is 8.60. The van der Waals surface area contributed by atoms with Crippen LogP contribution in [0.1, 0.15) is 32.6 Å². The fraction of sp³-hybridized carbons (Fsp3) is 1.00. The van der Waals surface area contributed by atoms with Crippen LogP contribution in [0.5, 0.6) is 0 Å². The zero-order valence-corrected chi connectivity index (χ0v) is 8.70. The van der Waals surface area contributed by atoms with Gasteiger partial charge in [-0.2, -0.15) is 11.8 Å². The van der Waals surface area contributed by atoms with E-state index in [9.17, 15) is 0 Å². The second-order valence-corrected chi connectivity index (χ2v) is 5.81. The van der Waals surface area contributed by atoms with Crippen molar-refractivity contribution in [1.29, 1.82) is 0 Å². The van der Waals surface area contributed by atoms with Gasteiger partial charge in [-0.25, -0.2) is 0 Å². The van der Waals surface area contributed by atoms with Gasteiger partial charge in [0, 0.05) is 5.54 Å². The first kappa shape index (κ1) is 8.89. The lowest BCUT2D eigenvalue weighted by Gasteiger charge is -2.50. The Balaban J connectivity index is 1.90. The van der Waals surface area contributed by atoms with E-state index in [-0.39, 0.29) is 5.54 Å². The molecule has 2 N–H and O–H groups in total. The van der Waals surface area contributed by atoms with Crippen LogP contribution in [0, 0.1) is 11.8 Å². The Morgan fingerprint density at radius 1 is 1.42 bits per heavy atom. The van der Waals surface area contributed by atoms with Crippen molar-refractivity contribution in [2.75, 3.05) is 11.5 Å². The molecular weight excluding hydrogens is 166 g/mol. The topological polar surface area (TPSA) is 26.0 Å². The predicted molar refractivity (Wildman–Crippen MR) is 55.4 cm³/mol. The van der Waals surface area contributed by atoms with Crippen LogP contribution in [0.15, 0.2) is 0 Å². The van der Waals surface area contributed by atoms with E-state index < -0.39 is 0 Å². The molecule has 0 amide bonds. The van der Waals surface area contributed by atoms with Crippen molar-refractivity contribution in [3.05, 3.63) is 0 Å². The largest absolute Gasteiger partial charge is 0.325 e. The number of hydrogen-bond donors (Lipinski definition) is 1. The van der Waals surface area contributed by atoms with Crippen LogP contribution in [-0.2, 0) is 0 Å². The second kappa shape index (κ2) is 3.22. The lowest BCUT2D eigenvalue weighted by Crippen LogP contribution is -2.57. The van der Waals surface area contributed by atoms with Crippen molar-refractivity contribution >= 4 is 11.8 Å². The molecule has 1 saturated heterocycles. The van der Waals surface area contributed by atoms with E-state index in [1.165, 1.54) is 37.2 Å². The average molecular weight is 185 g/mol. The fourth-order valence-electron chi connectivity index (χ4n) is 2.77. The van der Waals surface area contributed by atoms with Crippen LogP contribution in [0.2, 0.25) is 0 Å². The highest BCUT2D eigenvalue weighted by Crippen LogP contribution is 2.44. The van der Waals surface area contributed by atoms with Crippen LogP contribution < -0.4 is 5.73 Å². The van der Waals surface area contributed by atoms with Crippen LogP contribution in [0.4, 0.5) is 0 Å². The van der Waals surface area contributed by atoms with E-state index in [2.05, 4.69) is 18.7 Å². The summed E-state index contributed by atoms with van der Waals surface area (Å²) in [7, 11) is 0. The molecule has 0 aromatic heterocycles. The Labute approximate surface area is 79.5 Å². The standard InChI is InChI=1S/C10H19NS/c1-8-5-10(11,6-8)9-3-2-4-12-7-9/h8-9H,2-7,11H2,1H3. The van der Waals surface area contributed by atoms with Gasteiger partial charge in [-0.05, 0) is 49.0 Å². The Hall–Kier alpha value is 0.310. The molecule has 0 radical (unpaired) electrons. The minimum atomic E-state index is 0.243. The molecule has 1 aliphatic carbocycles. The van der Waals surface area contributed by atoms with Gasteiger partial charge in [0.2, 0.25) is 0 Å². The molecule has 0 spiro atoms. The first-order valence-electron chi connectivity index (χ1n) is 5.07. The molecular formula is C10H19NS. The maximum absolute atomic E-state index is 6.35. The summed E-state index contributed by atoms with van der Waals surface area (Å²) in [6, 6.07) is 0. The predicted octanol–water partition coefficient (Wildman–Crippen LogP) is 2.26. The summed E-state index contributed by atoms with van der Waals surface area (Å²) in [5.74, 6) is 4.40. The van der Waals surface area contributed by atoms with Gasteiger partial charge in [-0.3, -0.25) is 0 Å². The smallest absolute Gasteiger partial charge is 0.0195 e. The summed E-state index contributed by atoms with van der Waals surface area (Å²) in [5.41, 5.74) is 6.60. The molecule has 12 heavy (non-hydrogen) atoms. The molecule has 0 aromatic rings. The van der Waals surface area contributed by atoms with Gasteiger partial charge in [0.25, 0.3) is 0 Å². The highest BCUT2D eigenvalue weighted by molar-refractivity contribution is 7.99. The quantitative estimate of drug-likeness (QED) is 0.678. The Morgan fingerprint density at radius 2 is 2.17 bits per heavy atom. The van der Waals surface area contributed by atoms with Crippen molar-refractivity contribution in [1.82, 2.24) is 0 Å². The van der Waals surface area contributed by atoms with Gasteiger partial charge in [-0.1, -0.05) is 6.92 Å². The van der Waals surface area contributed by atoms with Crippen molar-refractivity contribution in [3.8, 4) is 0 Å². The molecule has 1 saturated carbocycles. The van der Waals surface area contributed by atoms with Crippen molar-refractivity contribution < 1.29 is 0 Å². The summed E-state index contributed by atoms with van der Waals surface area (Å²) in [4.78, 5) is 0. The zero-order valence-electron chi connectivity index (χ0n) is 7.88. The van der Waals surface area contributed by atoms with E-state index in [0.717, 1.165) is 11.8 Å². The van der Waals surface area contributed by atoms with Crippen molar-refractivity contribution in [3.63, 3.8) is 0 Å². The summed E-state index contributed by atoms with van der Waals surface area (Å²) in [5, 5.41) is 0. The fourth-order valence-corrected chi connectivity index (χ4v) is 4.09. The van der Waals surface area contributed by atoms with E-state index in [0.29, 0.717) is 0 Å². The van der Waals surface area contributed by atoms with Crippen LogP contribution >= 0.6 is 11.8 Å². The molecule has 0 aromatic carbocycles. The van der Waals surface area contributed by atoms with Gasteiger partial charge in [-0.15, -0.1) is 0 Å². The second-order valence-electron chi connectivity index (χ2n) is 4.66. The molecule has 2 fully saturated rings. The van der Waals surface area contributed by atoms with E-state index in [1.54, 1.807) is 0 Å². The van der Waals surface area contributed by atoms with Gasteiger partial charge >= 0.3 is 0 Å². The maximum Gasteiger partial charge on any atom is 0.0195 e. The highest BCUT2D eigenvalue weighted by atomic mass is 32.2. The summed E-state index contributed by atoms with van der Waals surface area (Å²) in [6.07, 6.45) is 5.33. The van der Waals surface area contributed by atoms with Gasteiger partial charge in [0.1, 0.15) is 0 Å². The van der Waals surface area contributed by atoms with Gasteiger partial charge in [0.15, 0.2) is 0 Å². The van der Waals surface area contributed by atoms with E-state index >= 15 is 0 Å². The first-order chi connectivity index (χ1) is 5.71. The third kappa shape index (κ3) is 1.51. The minimum absolute atomic E-state index is 0.243. The van der Waals surface area contributed by atoms with Crippen LogP contribution in [0.3, 0.4) is 0 Å². The number of rotatable bonds is 1. The first-order valence-corrected chi connectivity index (χ1v) is 6.23. The van der Waals surface area contributed by atoms with Crippen LogP contribution in [-0.4, -0.2) is 17.0 Å². The highest BCUT2D eigenvalue weighted by Gasteiger charge is 2.44. The Bertz CT molecular complexity index is 157. The maximum atomic E-state index is 6.35.